The van der Waals surface area contributed by atoms with Crippen molar-refractivity contribution in [2.45, 2.75) is 38.3 Å². The van der Waals surface area contributed by atoms with Gasteiger partial charge in [-0.05, 0) is 6.07 Å². The molecule has 0 saturated carbocycles. The van der Waals surface area contributed by atoms with Crippen molar-refractivity contribution in [3.05, 3.63) is 40.1 Å². The Morgan fingerprint density at radius 1 is 1.33 bits per heavy atom. The first-order valence-corrected chi connectivity index (χ1v) is 9.04. The summed E-state index contributed by atoms with van der Waals surface area (Å²) in [5.41, 5.74) is 0.265. The third kappa shape index (κ3) is 4.37. The van der Waals surface area contributed by atoms with Crippen LogP contribution in [-0.2, 0) is 12.5 Å². The van der Waals surface area contributed by atoms with Gasteiger partial charge in [0.15, 0.2) is 0 Å². The largest absolute Gasteiger partial charge is 0.367 e. The Morgan fingerprint density at radius 3 is 2.70 bits per heavy atom. The van der Waals surface area contributed by atoms with Crippen LogP contribution in [0.2, 0.25) is 0 Å². The number of hydrogen-bond donors (Lipinski definition) is 0. The SMILES string of the molecule is CN(Cc1ncc(C2CC(C(F)F)=NN2C)s1)c1cncc(C(C)(F)F)c1. The number of rotatable bonds is 6. The molecule has 0 radical (unpaired) electrons. The molecular weight excluding hydrogens is 382 g/mol. The number of aromatic nitrogens is 2. The third-order valence-electron chi connectivity index (χ3n) is 4.34. The summed E-state index contributed by atoms with van der Waals surface area (Å²) >= 11 is 1.40. The van der Waals surface area contributed by atoms with E-state index in [1.165, 1.54) is 28.6 Å². The first kappa shape index (κ1) is 19.5. The van der Waals surface area contributed by atoms with Crippen molar-refractivity contribution in [2.24, 2.45) is 5.10 Å². The Hall–Kier alpha value is -2.23. The number of alkyl halides is 4. The van der Waals surface area contributed by atoms with Crippen molar-refractivity contribution in [3.63, 3.8) is 0 Å². The van der Waals surface area contributed by atoms with Crippen LogP contribution in [0.5, 0.6) is 0 Å². The summed E-state index contributed by atoms with van der Waals surface area (Å²) in [6.07, 6.45) is 1.93. The predicted molar refractivity (Wildman–Crippen MR) is 96.6 cm³/mol. The lowest BCUT2D eigenvalue weighted by Crippen LogP contribution is -2.18. The third-order valence-corrected chi connectivity index (χ3v) is 5.42. The fourth-order valence-electron chi connectivity index (χ4n) is 2.78. The summed E-state index contributed by atoms with van der Waals surface area (Å²) in [6, 6.07) is 1.14. The van der Waals surface area contributed by atoms with Gasteiger partial charge in [-0.1, -0.05) is 0 Å². The van der Waals surface area contributed by atoms with E-state index in [-0.39, 0.29) is 23.7 Å². The summed E-state index contributed by atoms with van der Waals surface area (Å²) in [7, 11) is 3.42. The summed E-state index contributed by atoms with van der Waals surface area (Å²) in [4.78, 5) is 10.8. The number of hydrogen-bond acceptors (Lipinski definition) is 6. The first-order valence-electron chi connectivity index (χ1n) is 8.22. The Bertz CT molecular complexity index is 833. The minimum Gasteiger partial charge on any atom is -0.367 e. The van der Waals surface area contributed by atoms with Gasteiger partial charge in [0, 0.05) is 50.3 Å². The topological polar surface area (TPSA) is 44.6 Å². The quantitative estimate of drug-likeness (QED) is 0.678. The van der Waals surface area contributed by atoms with Gasteiger partial charge in [-0.15, -0.1) is 11.3 Å². The van der Waals surface area contributed by atoms with Crippen LogP contribution in [-0.4, -0.2) is 41.2 Å². The van der Waals surface area contributed by atoms with E-state index in [2.05, 4.69) is 15.1 Å². The van der Waals surface area contributed by atoms with Crippen molar-refractivity contribution in [3.8, 4) is 0 Å². The number of pyridine rings is 1. The maximum absolute atomic E-state index is 13.5. The van der Waals surface area contributed by atoms with Crippen molar-refractivity contribution < 1.29 is 17.6 Å². The number of thiazole rings is 1. The van der Waals surface area contributed by atoms with Gasteiger partial charge in [0.25, 0.3) is 12.3 Å². The molecule has 2 aromatic heterocycles. The highest BCUT2D eigenvalue weighted by Gasteiger charge is 2.31. The number of hydrazone groups is 1. The number of nitrogens with zero attached hydrogens (tertiary/aromatic N) is 5. The molecular formula is C17H19F4N5S. The molecule has 0 bridgehead atoms. The van der Waals surface area contributed by atoms with Gasteiger partial charge in [-0.25, -0.2) is 22.5 Å². The van der Waals surface area contributed by atoms with E-state index >= 15 is 0 Å². The molecule has 0 spiro atoms. The molecule has 0 N–H and O–H groups in total. The molecule has 1 aliphatic heterocycles. The number of anilines is 1. The molecule has 0 fully saturated rings. The summed E-state index contributed by atoms with van der Waals surface area (Å²) in [5.74, 6) is -2.96. The standard InChI is InChI=1S/C17H19F4N5S/c1-17(20,21)10-4-11(7-22-6-10)25(2)9-15-23-8-14(27-15)13-5-12(16(18)19)24-26(13)3/h4,6-8,13,16H,5,9H2,1-3H3. The normalized spacial score (nSPS) is 17.6. The van der Waals surface area contributed by atoms with E-state index in [0.717, 1.165) is 23.0 Å². The maximum atomic E-state index is 13.5. The summed E-state index contributed by atoms with van der Waals surface area (Å²) in [6.45, 7) is 1.22. The smallest absolute Gasteiger partial charge is 0.278 e. The fourth-order valence-corrected chi connectivity index (χ4v) is 3.90. The van der Waals surface area contributed by atoms with E-state index in [4.69, 9.17) is 0 Å². The van der Waals surface area contributed by atoms with Gasteiger partial charge in [0.1, 0.15) is 10.7 Å². The second-order valence-electron chi connectivity index (χ2n) is 6.52. The monoisotopic (exact) mass is 401 g/mol. The van der Waals surface area contributed by atoms with Gasteiger partial charge in [-0.3, -0.25) is 9.99 Å². The highest BCUT2D eigenvalue weighted by molar-refractivity contribution is 7.11. The molecule has 0 saturated heterocycles. The van der Waals surface area contributed by atoms with E-state index in [1.807, 2.05) is 0 Å². The molecule has 146 valence electrons. The average molecular weight is 401 g/mol. The molecule has 3 heterocycles. The molecule has 1 unspecified atom stereocenters. The van der Waals surface area contributed by atoms with Crippen LogP contribution in [0, 0.1) is 0 Å². The lowest BCUT2D eigenvalue weighted by molar-refractivity contribution is 0.0171. The van der Waals surface area contributed by atoms with E-state index in [9.17, 15) is 17.6 Å². The Morgan fingerprint density at radius 2 is 2.07 bits per heavy atom. The molecule has 1 atom stereocenters. The molecule has 1 aliphatic rings. The molecule has 0 amide bonds. The van der Waals surface area contributed by atoms with E-state index in [0.29, 0.717) is 12.2 Å². The molecule has 0 aliphatic carbocycles. The molecule has 10 heteroatoms. The van der Waals surface area contributed by atoms with Gasteiger partial charge in [-0.2, -0.15) is 5.10 Å². The molecule has 2 aromatic rings. The highest BCUT2D eigenvalue weighted by Crippen LogP contribution is 2.35. The van der Waals surface area contributed by atoms with Crippen LogP contribution in [0.15, 0.2) is 29.8 Å². The second kappa shape index (κ2) is 7.41. The zero-order chi connectivity index (χ0) is 19.8. The predicted octanol–water partition coefficient (Wildman–Crippen LogP) is 4.28. The van der Waals surface area contributed by atoms with Crippen molar-refractivity contribution in [1.82, 2.24) is 15.0 Å². The zero-order valence-electron chi connectivity index (χ0n) is 15.0. The van der Waals surface area contributed by atoms with Crippen LogP contribution in [0.1, 0.15) is 34.8 Å². The van der Waals surface area contributed by atoms with Gasteiger partial charge in [0.05, 0.1) is 24.5 Å². The molecule has 5 nitrogen and oxygen atoms in total. The Labute approximate surface area is 158 Å². The summed E-state index contributed by atoms with van der Waals surface area (Å²) < 4.78 is 52.7. The van der Waals surface area contributed by atoms with Crippen LogP contribution >= 0.6 is 11.3 Å². The Balaban J connectivity index is 1.70. The van der Waals surface area contributed by atoms with Gasteiger partial charge >= 0.3 is 0 Å². The van der Waals surface area contributed by atoms with Crippen molar-refractivity contribution in [2.75, 3.05) is 19.0 Å². The van der Waals surface area contributed by atoms with Gasteiger partial charge < -0.3 is 4.90 Å². The van der Waals surface area contributed by atoms with Crippen LogP contribution in [0.3, 0.4) is 0 Å². The van der Waals surface area contributed by atoms with E-state index < -0.39 is 12.3 Å². The average Bonchev–Trinajstić information content (AvgIpc) is 3.20. The maximum Gasteiger partial charge on any atom is 0.278 e. The number of halogens is 4. The lowest BCUT2D eigenvalue weighted by Gasteiger charge is -2.19. The van der Waals surface area contributed by atoms with Crippen LogP contribution in [0.25, 0.3) is 0 Å². The minimum absolute atomic E-state index is 0.127. The van der Waals surface area contributed by atoms with E-state index in [1.54, 1.807) is 25.2 Å². The second-order valence-corrected chi connectivity index (χ2v) is 7.67. The first-order chi connectivity index (χ1) is 12.6. The Kier molecular flexibility index (Phi) is 5.36. The van der Waals surface area contributed by atoms with Crippen molar-refractivity contribution in [1.29, 1.82) is 0 Å². The zero-order valence-corrected chi connectivity index (χ0v) is 15.9. The van der Waals surface area contributed by atoms with Crippen LogP contribution < -0.4 is 4.90 Å². The molecule has 0 aromatic carbocycles. The molecule has 27 heavy (non-hydrogen) atoms. The van der Waals surface area contributed by atoms with Crippen molar-refractivity contribution >= 4 is 22.7 Å². The van der Waals surface area contributed by atoms with Crippen LogP contribution in [0.4, 0.5) is 23.2 Å². The van der Waals surface area contributed by atoms with Gasteiger partial charge in [0.2, 0.25) is 0 Å². The molecule has 3 rings (SSSR count). The minimum atomic E-state index is -2.96. The highest BCUT2D eigenvalue weighted by atomic mass is 32.1. The fraction of sp³-hybridized carbons (Fsp3) is 0.471. The lowest BCUT2D eigenvalue weighted by atomic mass is 10.1. The summed E-state index contributed by atoms with van der Waals surface area (Å²) in [5, 5.41) is 6.16.